The molecule has 0 aliphatic carbocycles. The smallest absolute Gasteiger partial charge is 0.242 e. The van der Waals surface area contributed by atoms with Crippen LogP contribution in [0, 0.1) is 6.92 Å². The second-order valence-electron chi connectivity index (χ2n) is 6.92. The summed E-state index contributed by atoms with van der Waals surface area (Å²) < 4.78 is 13.3. The highest BCUT2D eigenvalue weighted by Crippen LogP contribution is 2.25. The average Bonchev–Trinajstić information content (AvgIpc) is 3.10. The molecule has 1 saturated heterocycles. The van der Waals surface area contributed by atoms with Crippen molar-refractivity contribution in [3.8, 4) is 5.75 Å². The summed E-state index contributed by atoms with van der Waals surface area (Å²) in [5.74, 6) is 1.77. The number of hydrogen-bond donors (Lipinski definition) is 0. The lowest BCUT2D eigenvalue weighted by Gasteiger charge is -2.27. The van der Waals surface area contributed by atoms with Gasteiger partial charge in [0.15, 0.2) is 5.16 Å². The van der Waals surface area contributed by atoms with Crippen molar-refractivity contribution in [2.24, 2.45) is 0 Å². The lowest BCUT2D eigenvalue weighted by Crippen LogP contribution is -2.42. The fourth-order valence-electron chi connectivity index (χ4n) is 3.37. The second kappa shape index (κ2) is 9.33. The van der Waals surface area contributed by atoms with Gasteiger partial charge in [-0.25, -0.2) is 4.98 Å². The second-order valence-corrected chi connectivity index (χ2v) is 7.99. The lowest BCUT2D eigenvalue weighted by atomic mass is 10.2. The molecule has 4 rings (SSSR count). The monoisotopic (exact) mass is 411 g/mol. The minimum atomic E-state index is 0.106. The van der Waals surface area contributed by atoms with Crippen LogP contribution in [0.2, 0.25) is 0 Å². The van der Waals surface area contributed by atoms with Gasteiger partial charge < -0.3 is 18.9 Å². The SMILES string of the molecule is Cc1ccccc1OCCSc1nc2ccccc2n1CC(=O)N1CCOCC1. The molecule has 2 aromatic carbocycles. The first kappa shape index (κ1) is 19.8. The zero-order valence-electron chi connectivity index (χ0n) is 16.5. The Hall–Kier alpha value is -2.51. The van der Waals surface area contributed by atoms with E-state index in [1.54, 1.807) is 11.8 Å². The van der Waals surface area contributed by atoms with E-state index >= 15 is 0 Å². The van der Waals surface area contributed by atoms with E-state index in [0.717, 1.165) is 33.3 Å². The topological polar surface area (TPSA) is 56.6 Å². The number of nitrogens with zero attached hydrogens (tertiary/aromatic N) is 3. The zero-order chi connectivity index (χ0) is 20.1. The van der Waals surface area contributed by atoms with Gasteiger partial charge in [0, 0.05) is 18.8 Å². The predicted molar refractivity (Wildman–Crippen MR) is 115 cm³/mol. The van der Waals surface area contributed by atoms with Crippen molar-refractivity contribution in [1.29, 1.82) is 0 Å². The molecule has 0 unspecified atom stereocenters. The highest BCUT2D eigenvalue weighted by Gasteiger charge is 2.20. The van der Waals surface area contributed by atoms with Gasteiger partial charge in [0.25, 0.3) is 0 Å². The fourth-order valence-corrected chi connectivity index (χ4v) is 4.20. The number of carbonyl (C=O) groups is 1. The number of thioether (sulfide) groups is 1. The number of carbonyl (C=O) groups excluding carboxylic acids is 1. The van der Waals surface area contributed by atoms with Gasteiger partial charge in [-0.3, -0.25) is 4.79 Å². The number of fused-ring (bicyclic) bond motifs is 1. The highest BCUT2D eigenvalue weighted by atomic mass is 32.2. The number of benzene rings is 2. The van der Waals surface area contributed by atoms with Gasteiger partial charge in [0.1, 0.15) is 12.3 Å². The van der Waals surface area contributed by atoms with E-state index in [0.29, 0.717) is 39.5 Å². The summed E-state index contributed by atoms with van der Waals surface area (Å²) in [4.78, 5) is 19.4. The molecule has 0 N–H and O–H groups in total. The Labute approximate surface area is 174 Å². The average molecular weight is 412 g/mol. The Kier molecular flexibility index (Phi) is 6.36. The quantitative estimate of drug-likeness (QED) is 0.441. The summed E-state index contributed by atoms with van der Waals surface area (Å²) >= 11 is 1.62. The number of aromatic nitrogens is 2. The van der Waals surface area contributed by atoms with Crippen LogP contribution in [-0.4, -0.2) is 59.0 Å². The van der Waals surface area contributed by atoms with Crippen molar-refractivity contribution in [3.05, 3.63) is 54.1 Å². The van der Waals surface area contributed by atoms with Gasteiger partial charge in [-0.2, -0.15) is 0 Å². The first-order chi connectivity index (χ1) is 14.2. The molecule has 0 atom stereocenters. The van der Waals surface area contributed by atoms with Crippen LogP contribution >= 0.6 is 11.8 Å². The molecule has 152 valence electrons. The van der Waals surface area contributed by atoms with Crippen LogP contribution in [0.15, 0.2) is 53.7 Å². The number of imidazole rings is 1. The standard InChI is InChI=1S/C22H25N3O3S/c1-17-6-2-5-9-20(17)28-14-15-29-22-23-18-7-3-4-8-19(18)25(22)16-21(26)24-10-12-27-13-11-24/h2-9H,10-16H2,1H3. The first-order valence-electron chi connectivity index (χ1n) is 9.84. The molecule has 7 heteroatoms. The van der Waals surface area contributed by atoms with Gasteiger partial charge in [0.05, 0.1) is 30.9 Å². The third kappa shape index (κ3) is 4.74. The first-order valence-corrected chi connectivity index (χ1v) is 10.8. The fraction of sp³-hybridized carbons (Fsp3) is 0.364. The Morgan fingerprint density at radius 2 is 1.90 bits per heavy atom. The number of morpholine rings is 1. The van der Waals surface area contributed by atoms with E-state index < -0.39 is 0 Å². The van der Waals surface area contributed by atoms with Crippen molar-refractivity contribution < 1.29 is 14.3 Å². The molecular weight excluding hydrogens is 386 g/mol. The van der Waals surface area contributed by atoms with Crippen LogP contribution in [0.5, 0.6) is 5.75 Å². The van der Waals surface area contributed by atoms with E-state index in [4.69, 9.17) is 14.5 Å². The maximum Gasteiger partial charge on any atom is 0.242 e. The minimum Gasteiger partial charge on any atom is -0.492 e. The maximum atomic E-state index is 12.8. The summed E-state index contributed by atoms with van der Waals surface area (Å²) in [5, 5.41) is 0.848. The lowest BCUT2D eigenvalue weighted by molar-refractivity contribution is -0.135. The van der Waals surface area contributed by atoms with Crippen LogP contribution in [0.4, 0.5) is 0 Å². The number of aryl methyl sites for hydroxylation is 1. The largest absolute Gasteiger partial charge is 0.492 e. The molecule has 29 heavy (non-hydrogen) atoms. The number of hydrogen-bond acceptors (Lipinski definition) is 5. The van der Waals surface area contributed by atoms with E-state index in [9.17, 15) is 4.79 Å². The molecule has 3 aromatic rings. The molecule has 1 aliphatic heterocycles. The number of amides is 1. The van der Waals surface area contributed by atoms with Crippen molar-refractivity contribution >= 4 is 28.7 Å². The van der Waals surface area contributed by atoms with Gasteiger partial charge in [-0.1, -0.05) is 42.1 Å². The van der Waals surface area contributed by atoms with Crippen LogP contribution in [0.1, 0.15) is 5.56 Å². The van der Waals surface area contributed by atoms with Crippen LogP contribution in [0.3, 0.4) is 0 Å². The highest BCUT2D eigenvalue weighted by molar-refractivity contribution is 7.99. The maximum absolute atomic E-state index is 12.8. The Morgan fingerprint density at radius 3 is 2.72 bits per heavy atom. The molecule has 1 aromatic heterocycles. The van der Waals surface area contributed by atoms with E-state index in [1.165, 1.54) is 0 Å². The van der Waals surface area contributed by atoms with Crippen LogP contribution < -0.4 is 4.74 Å². The Bertz CT molecular complexity index is 982. The Morgan fingerprint density at radius 1 is 1.14 bits per heavy atom. The summed E-state index contributed by atoms with van der Waals surface area (Å²) in [6.45, 7) is 5.43. The van der Waals surface area contributed by atoms with Gasteiger partial charge in [-0.05, 0) is 30.7 Å². The summed E-state index contributed by atoms with van der Waals surface area (Å²) in [6, 6.07) is 16.0. The molecule has 6 nitrogen and oxygen atoms in total. The van der Waals surface area contributed by atoms with E-state index in [1.807, 2.05) is 64.9 Å². The predicted octanol–water partition coefficient (Wildman–Crippen LogP) is 3.37. The number of rotatable bonds is 7. The number of para-hydroxylation sites is 3. The van der Waals surface area contributed by atoms with Crippen molar-refractivity contribution in [1.82, 2.24) is 14.5 Å². The molecule has 1 fully saturated rings. The van der Waals surface area contributed by atoms with Crippen LogP contribution in [0.25, 0.3) is 11.0 Å². The van der Waals surface area contributed by atoms with E-state index in [2.05, 4.69) is 0 Å². The normalized spacial score (nSPS) is 14.3. The van der Waals surface area contributed by atoms with Crippen LogP contribution in [-0.2, 0) is 16.1 Å². The molecule has 0 spiro atoms. The molecule has 1 aliphatic rings. The van der Waals surface area contributed by atoms with Gasteiger partial charge >= 0.3 is 0 Å². The number of ether oxygens (including phenoxy) is 2. The molecular formula is C22H25N3O3S. The van der Waals surface area contributed by atoms with Gasteiger partial charge in [-0.15, -0.1) is 0 Å². The molecule has 0 radical (unpaired) electrons. The third-order valence-corrected chi connectivity index (χ3v) is 5.88. The zero-order valence-corrected chi connectivity index (χ0v) is 17.4. The Balaban J connectivity index is 1.44. The molecule has 0 saturated carbocycles. The molecule has 1 amide bonds. The minimum absolute atomic E-state index is 0.106. The third-order valence-electron chi connectivity index (χ3n) is 4.94. The van der Waals surface area contributed by atoms with Gasteiger partial charge in [0.2, 0.25) is 5.91 Å². The molecule has 0 bridgehead atoms. The molecule has 2 heterocycles. The van der Waals surface area contributed by atoms with E-state index in [-0.39, 0.29) is 5.91 Å². The summed E-state index contributed by atoms with van der Waals surface area (Å²) in [5.41, 5.74) is 3.02. The van der Waals surface area contributed by atoms with Crippen molar-refractivity contribution in [3.63, 3.8) is 0 Å². The van der Waals surface area contributed by atoms with Crippen molar-refractivity contribution in [2.45, 2.75) is 18.6 Å². The van der Waals surface area contributed by atoms with Crippen molar-refractivity contribution in [2.75, 3.05) is 38.7 Å². The summed E-state index contributed by atoms with van der Waals surface area (Å²) in [7, 11) is 0. The summed E-state index contributed by atoms with van der Waals surface area (Å²) in [6.07, 6.45) is 0.